The van der Waals surface area contributed by atoms with Gasteiger partial charge >= 0.3 is 0 Å². The van der Waals surface area contributed by atoms with Gasteiger partial charge in [0.1, 0.15) is 0 Å². The molecule has 4 heteroatoms. The van der Waals surface area contributed by atoms with Crippen LogP contribution < -0.4 is 4.74 Å². The van der Waals surface area contributed by atoms with Gasteiger partial charge in [-0.25, -0.2) is 0 Å². The molecule has 1 amide bonds. The first-order chi connectivity index (χ1) is 8.70. The van der Waals surface area contributed by atoms with Gasteiger partial charge < -0.3 is 14.7 Å². The number of carbonyl (C=O) groups excluding carboxylic acids is 1. The number of methoxy groups -OCH3 is 1. The van der Waals surface area contributed by atoms with E-state index in [-0.39, 0.29) is 11.7 Å². The van der Waals surface area contributed by atoms with Crippen molar-refractivity contribution < 1.29 is 14.6 Å². The van der Waals surface area contributed by atoms with Crippen molar-refractivity contribution in [3.8, 4) is 11.5 Å². The minimum atomic E-state index is 0.0304. The quantitative estimate of drug-likeness (QED) is 0.831. The van der Waals surface area contributed by atoms with Gasteiger partial charge in [0.25, 0.3) is 0 Å². The molecule has 0 aromatic heterocycles. The molecule has 4 nitrogen and oxygen atoms in total. The van der Waals surface area contributed by atoms with Crippen LogP contribution in [0, 0.1) is 0 Å². The molecule has 1 aromatic rings. The number of amides is 1. The van der Waals surface area contributed by atoms with Crippen molar-refractivity contribution in [3.63, 3.8) is 0 Å². The molecule has 1 aromatic carbocycles. The first kappa shape index (κ1) is 12.5. The maximum Gasteiger partial charge on any atom is 0.246 e. The predicted octanol–water partition coefficient (Wildman–Crippen LogP) is 2.04. The topological polar surface area (TPSA) is 49.8 Å². The molecule has 1 N–H and O–H groups in total. The summed E-state index contributed by atoms with van der Waals surface area (Å²) in [7, 11) is 1.50. The van der Waals surface area contributed by atoms with Gasteiger partial charge in [0, 0.05) is 19.2 Å². The lowest BCUT2D eigenvalue weighted by atomic mass is 10.2. The van der Waals surface area contributed by atoms with Crippen molar-refractivity contribution in [2.45, 2.75) is 12.8 Å². The zero-order chi connectivity index (χ0) is 13.0. The summed E-state index contributed by atoms with van der Waals surface area (Å²) in [5.74, 6) is 0.536. The zero-order valence-electron chi connectivity index (χ0n) is 10.4. The summed E-state index contributed by atoms with van der Waals surface area (Å²) in [6.45, 7) is 1.69. The standard InChI is InChI=1S/C14H17NO3/c1-18-13-6-4-11(10-12(13)16)5-7-14(17)15-8-2-3-9-15/h4-7,10,16H,2-3,8-9H2,1H3/b7-5+. The number of nitrogens with zero attached hydrogens (tertiary/aromatic N) is 1. The molecule has 2 rings (SSSR count). The second-order valence-corrected chi connectivity index (χ2v) is 4.30. The molecule has 1 fully saturated rings. The van der Waals surface area contributed by atoms with Crippen LogP contribution in [-0.4, -0.2) is 36.1 Å². The Kier molecular flexibility index (Phi) is 3.87. The number of hydrogen-bond donors (Lipinski definition) is 1. The summed E-state index contributed by atoms with van der Waals surface area (Å²) in [5, 5.41) is 9.61. The van der Waals surface area contributed by atoms with Crippen LogP contribution in [0.4, 0.5) is 0 Å². The number of ether oxygens (including phenoxy) is 1. The number of hydrogen-bond acceptors (Lipinski definition) is 3. The van der Waals surface area contributed by atoms with Gasteiger partial charge in [0.2, 0.25) is 5.91 Å². The van der Waals surface area contributed by atoms with Crippen molar-refractivity contribution in [2.75, 3.05) is 20.2 Å². The molecule has 0 atom stereocenters. The molecule has 1 aliphatic heterocycles. The lowest BCUT2D eigenvalue weighted by Gasteiger charge is -2.11. The number of aromatic hydroxyl groups is 1. The molecule has 0 unspecified atom stereocenters. The van der Waals surface area contributed by atoms with Crippen molar-refractivity contribution in [1.29, 1.82) is 0 Å². The fourth-order valence-electron chi connectivity index (χ4n) is 2.02. The monoisotopic (exact) mass is 247 g/mol. The molecule has 1 saturated heterocycles. The molecular formula is C14H17NO3. The summed E-state index contributed by atoms with van der Waals surface area (Å²) >= 11 is 0. The van der Waals surface area contributed by atoms with Gasteiger partial charge in [-0.3, -0.25) is 4.79 Å². The van der Waals surface area contributed by atoms with E-state index in [9.17, 15) is 9.90 Å². The molecule has 0 saturated carbocycles. The van der Waals surface area contributed by atoms with Crippen molar-refractivity contribution in [1.82, 2.24) is 4.90 Å². The van der Waals surface area contributed by atoms with Gasteiger partial charge in [0.05, 0.1) is 7.11 Å². The van der Waals surface area contributed by atoms with E-state index in [0.717, 1.165) is 31.5 Å². The molecule has 0 spiro atoms. The zero-order valence-corrected chi connectivity index (χ0v) is 10.4. The van der Waals surface area contributed by atoms with E-state index in [1.54, 1.807) is 30.4 Å². The van der Waals surface area contributed by atoms with Crippen LogP contribution in [0.1, 0.15) is 18.4 Å². The van der Waals surface area contributed by atoms with E-state index in [0.29, 0.717) is 5.75 Å². The largest absolute Gasteiger partial charge is 0.504 e. The minimum Gasteiger partial charge on any atom is -0.504 e. The summed E-state index contributed by atoms with van der Waals surface area (Å²) in [6, 6.07) is 5.05. The van der Waals surface area contributed by atoms with Gasteiger partial charge in [-0.15, -0.1) is 0 Å². The summed E-state index contributed by atoms with van der Waals surface area (Å²) in [4.78, 5) is 13.6. The fourth-order valence-corrected chi connectivity index (χ4v) is 2.02. The van der Waals surface area contributed by atoms with Gasteiger partial charge in [-0.05, 0) is 36.6 Å². The Bertz CT molecular complexity index is 462. The van der Waals surface area contributed by atoms with Crippen LogP contribution in [-0.2, 0) is 4.79 Å². The van der Waals surface area contributed by atoms with Crippen LogP contribution in [0.25, 0.3) is 6.08 Å². The molecule has 96 valence electrons. The van der Waals surface area contributed by atoms with Crippen molar-refractivity contribution in [2.24, 2.45) is 0 Å². The average molecular weight is 247 g/mol. The number of likely N-dealkylation sites (tertiary alicyclic amines) is 1. The Balaban J connectivity index is 2.04. The first-order valence-corrected chi connectivity index (χ1v) is 6.04. The Labute approximate surface area is 106 Å². The Morgan fingerprint density at radius 3 is 2.72 bits per heavy atom. The number of rotatable bonds is 3. The highest BCUT2D eigenvalue weighted by Crippen LogP contribution is 2.26. The van der Waals surface area contributed by atoms with Crippen molar-refractivity contribution in [3.05, 3.63) is 29.8 Å². The lowest BCUT2D eigenvalue weighted by molar-refractivity contribution is -0.124. The SMILES string of the molecule is COc1ccc(/C=C/C(=O)N2CCCC2)cc1O. The van der Waals surface area contributed by atoms with E-state index in [1.165, 1.54) is 7.11 Å². The molecule has 1 aliphatic rings. The number of benzene rings is 1. The van der Waals surface area contributed by atoms with Crippen LogP contribution in [0.2, 0.25) is 0 Å². The predicted molar refractivity (Wildman–Crippen MR) is 69.5 cm³/mol. The minimum absolute atomic E-state index is 0.0304. The Morgan fingerprint density at radius 2 is 2.11 bits per heavy atom. The number of carbonyl (C=O) groups is 1. The third-order valence-electron chi connectivity index (χ3n) is 3.04. The highest BCUT2D eigenvalue weighted by atomic mass is 16.5. The normalized spacial score (nSPS) is 15.3. The first-order valence-electron chi connectivity index (χ1n) is 6.04. The second-order valence-electron chi connectivity index (χ2n) is 4.30. The smallest absolute Gasteiger partial charge is 0.246 e. The van der Waals surface area contributed by atoms with E-state index < -0.39 is 0 Å². The highest BCUT2D eigenvalue weighted by Gasteiger charge is 2.14. The molecule has 0 aliphatic carbocycles. The van der Waals surface area contributed by atoms with Gasteiger partial charge in [0.15, 0.2) is 11.5 Å². The lowest BCUT2D eigenvalue weighted by Crippen LogP contribution is -2.25. The molecule has 1 heterocycles. The highest BCUT2D eigenvalue weighted by molar-refractivity contribution is 5.92. The summed E-state index contributed by atoms with van der Waals surface area (Å²) < 4.78 is 4.96. The second kappa shape index (κ2) is 5.58. The third-order valence-corrected chi connectivity index (χ3v) is 3.04. The van der Waals surface area contributed by atoms with Gasteiger partial charge in [-0.1, -0.05) is 6.07 Å². The number of phenols is 1. The van der Waals surface area contributed by atoms with Crippen LogP contribution in [0.15, 0.2) is 24.3 Å². The van der Waals surface area contributed by atoms with E-state index in [4.69, 9.17) is 4.74 Å². The van der Waals surface area contributed by atoms with Crippen molar-refractivity contribution >= 4 is 12.0 Å². The van der Waals surface area contributed by atoms with E-state index >= 15 is 0 Å². The number of phenolic OH excluding ortho intramolecular Hbond substituents is 1. The summed E-state index contributed by atoms with van der Waals surface area (Å²) in [5.41, 5.74) is 0.779. The molecule has 18 heavy (non-hydrogen) atoms. The third kappa shape index (κ3) is 2.83. The van der Waals surface area contributed by atoms with E-state index in [1.807, 2.05) is 4.90 Å². The Morgan fingerprint density at radius 1 is 1.39 bits per heavy atom. The maximum atomic E-state index is 11.8. The molecule has 0 bridgehead atoms. The van der Waals surface area contributed by atoms with Crippen LogP contribution in [0.3, 0.4) is 0 Å². The fraction of sp³-hybridized carbons (Fsp3) is 0.357. The van der Waals surface area contributed by atoms with Crippen LogP contribution >= 0.6 is 0 Å². The van der Waals surface area contributed by atoms with Gasteiger partial charge in [-0.2, -0.15) is 0 Å². The summed E-state index contributed by atoms with van der Waals surface area (Å²) in [6.07, 6.45) is 5.43. The average Bonchev–Trinajstić information content (AvgIpc) is 2.90. The molecule has 0 radical (unpaired) electrons. The molecular weight excluding hydrogens is 230 g/mol. The van der Waals surface area contributed by atoms with Crippen LogP contribution in [0.5, 0.6) is 11.5 Å². The maximum absolute atomic E-state index is 11.8. The van der Waals surface area contributed by atoms with E-state index in [2.05, 4.69) is 0 Å². The Hall–Kier alpha value is -1.97.